The number of aliphatic hydroxyl groups is 1. The summed E-state index contributed by atoms with van der Waals surface area (Å²) >= 11 is 11.3. The molecule has 0 saturated heterocycles. The van der Waals surface area contributed by atoms with Crippen LogP contribution in [0, 0.1) is 5.92 Å². The average molecular weight is 212 g/mol. The smallest absolute Gasteiger partial charge is 0.226 e. The molecule has 1 rings (SSSR count). The molecule has 0 radical (unpaired) electrons. The number of halogens is 2. The lowest BCUT2D eigenvalue weighted by molar-refractivity contribution is -0.122. The van der Waals surface area contributed by atoms with Crippen LogP contribution in [0.25, 0.3) is 0 Å². The van der Waals surface area contributed by atoms with Gasteiger partial charge in [-0.15, -0.1) is 23.2 Å². The highest BCUT2D eigenvalue weighted by Crippen LogP contribution is 2.53. The number of hydrogen-bond donors (Lipinski definition) is 2. The summed E-state index contributed by atoms with van der Waals surface area (Å²) in [6.45, 7) is 1.85. The second-order valence-electron chi connectivity index (χ2n) is 3.11. The maximum absolute atomic E-state index is 11.1. The zero-order chi connectivity index (χ0) is 9.35. The zero-order valence-corrected chi connectivity index (χ0v) is 8.19. The molecule has 1 aliphatic carbocycles. The molecule has 1 aliphatic rings. The number of rotatable bonds is 3. The third-order valence-corrected chi connectivity index (χ3v) is 2.55. The van der Waals surface area contributed by atoms with Crippen LogP contribution in [0.3, 0.4) is 0 Å². The Morgan fingerprint density at radius 1 is 1.83 bits per heavy atom. The first-order chi connectivity index (χ1) is 5.43. The molecule has 1 amide bonds. The van der Waals surface area contributed by atoms with Crippen LogP contribution < -0.4 is 5.32 Å². The summed E-state index contributed by atoms with van der Waals surface area (Å²) in [5.74, 6) is -0.486. The van der Waals surface area contributed by atoms with Crippen molar-refractivity contribution >= 4 is 29.1 Å². The van der Waals surface area contributed by atoms with E-state index >= 15 is 0 Å². The highest BCUT2D eigenvalue weighted by molar-refractivity contribution is 6.52. The van der Waals surface area contributed by atoms with E-state index < -0.39 is 10.4 Å². The van der Waals surface area contributed by atoms with Crippen molar-refractivity contribution in [3.8, 4) is 0 Å². The lowest BCUT2D eigenvalue weighted by Crippen LogP contribution is -2.32. The van der Waals surface area contributed by atoms with Gasteiger partial charge in [-0.3, -0.25) is 4.79 Å². The number of aliphatic hydroxyl groups excluding tert-OH is 1. The van der Waals surface area contributed by atoms with E-state index in [1.807, 2.05) is 0 Å². The fourth-order valence-corrected chi connectivity index (χ4v) is 1.38. The Labute approximate surface area is 81.0 Å². The predicted octanol–water partition coefficient (Wildman–Crippen LogP) is 0.677. The summed E-state index contributed by atoms with van der Waals surface area (Å²) < 4.78 is -0.872. The van der Waals surface area contributed by atoms with Crippen molar-refractivity contribution in [1.29, 1.82) is 0 Å². The topological polar surface area (TPSA) is 49.3 Å². The van der Waals surface area contributed by atoms with Crippen molar-refractivity contribution in [1.82, 2.24) is 5.32 Å². The summed E-state index contributed by atoms with van der Waals surface area (Å²) in [5, 5.41) is 11.4. The molecule has 5 heteroatoms. The average Bonchev–Trinajstić information content (AvgIpc) is 2.55. The Bertz CT molecular complexity index is 194. The SMILES string of the molecule is C[C@H](O)CNC(=O)C1CC1(Cl)Cl. The van der Waals surface area contributed by atoms with Crippen LogP contribution in [0.15, 0.2) is 0 Å². The van der Waals surface area contributed by atoms with Crippen molar-refractivity contribution in [2.24, 2.45) is 5.92 Å². The molecular weight excluding hydrogens is 201 g/mol. The molecule has 1 saturated carbocycles. The van der Waals surface area contributed by atoms with Gasteiger partial charge in [-0.1, -0.05) is 0 Å². The van der Waals surface area contributed by atoms with E-state index in [4.69, 9.17) is 28.3 Å². The van der Waals surface area contributed by atoms with E-state index in [9.17, 15) is 4.79 Å². The van der Waals surface area contributed by atoms with Crippen LogP contribution in [0.5, 0.6) is 0 Å². The van der Waals surface area contributed by atoms with Crippen LogP contribution in [0.1, 0.15) is 13.3 Å². The lowest BCUT2D eigenvalue weighted by Gasteiger charge is -2.06. The first-order valence-corrected chi connectivity index (χ1v) is 4.52. The van der Waals surface area contributed by atoms with Gasteiger partial charge in [0.05, 0.1) is 12.0 Å². The molecule has 70 valence electrons. The summed E-state index contributed by atoms with van der Waals surface area (Å²) in [6, 6.07) is 0. The van der Waals surface area contributed by atoms with Gasteiger partial charge in [0, 0.05) is 6.54 Å². The van der Waals surface area contributed by atoms with Gasteiger partial charge >= 0.3 is 0 Å². The Hall–Kier alpha value is 0.01000. The van der Waals surface area contributed by atoms with Crippen molar-refractivity contribution in [3.05, 3.63) is 0 Å². The van der Waals surface area contributed by atoms with E-state index in [-0.39, 0.29) is 18.4 Å². The second kappa shape index (κ2) is 3.40. The van der Waals surface area contributed by atoms with Crippen LogP contribution in [0.2, 0.25) is 0 Å². The molecule has 12 heavy (non-hydrogen) atoms. The summed E-state index contributed by atoms with van der Waals surface area (Å²) in [6.07, 6.45) is -0.0327. The summed E-state index contributed by atoms with van der Waals surface area (Å²) in [7, 11) is 0. The monoisotopic (exact) mass is 211 g/mol. The first-order valence-electron chi connectivity index (χ1n) is 3.77. The molecular formula is C7H11Cl2NO2. The van der Waals surface area contributed by atoms with Gasteiger partial charge in [0.2, 0.25) is 5.91 Å². The minimum Gasteiger partial charge on any atom is -0.392 e. The number of amides is 1. The van der Waals surface area contributed by atoms with Crippen LogP contribution >= 0.6 is 23.2 Å². The molecule has 0 spiro atoms. The molecule has 0 bridgehead atoms. The van der Waals surface area contributed by atoms with E-state index in [0.29, 0.717) is 6.42 Å². The fourth-order valence-electron chi connectivity index (χ4n) is 0.869. The van der Waals surface area contributed by atoms with E-state index in [1.165, 1.54) is 0 Å². The molecule has 2 N–H and O–H groups in total. The highest BCUT2D eigenvalue weighted by atomic mass is 35.5. The lowest BCUT2D eigenvalue weighted by atomic mass is 10.3. The van der Waals surface area contributed by atoms with Crippen LogP contribution in [-0.4, -0.2) is 28.0 Å². The molecule has 2 atom stereocenters. The Balaban J connectivity index is 2.23. The molecule has 0 aromatic heterocycles. The normalized spacial score (nSPS) is 27.8. The quantitative estimate of drug-likeness (QED) is 0.675. The van der Waals surface area contributed by atoms with Crippen molar-refractivity contribution in [2.45, 2.75) is 23.8 Å². The Kier molecular flexibility index (Phi) is 2.86. The van der Waals surface area contributed by atoms with E-state index in [1.54, 1.807) is 6.92 Å². The van der Waals surface area contributed by atoms with Gasteiger partial charge < -0.3 is 10.4 Å². The first kappa shape index (κ1) is 10.1. The summed E-state index contributed by atoms with van der Waals surface area (Å²) in [4.78, 5) is 11.1. The minimum atomic E-state index is -0.872. The Morgan fingerprint density at radius 3 is 2.67 bits per heavy atom. The van der Waals surface area contributed by atoms with Crippen molar-refractivity contribution in [2.75, 3.05) is 6.54 Å². The number of carbonyl (C=O) groups excluding carboxylic acids is 1. The largest absolute Gasteiger partial charge is 0.392 e. The van der Waals surface area contributed by atoms with Crippen LogP contribution in [0.4, 0.5) is 0 Å². The third kappa shape index (κ3) is 2.51. The van der Waals surface area contributed by atoms with Gasteiger partial charge in [0.15, 0.2) is 0 Å². The van der Waals surface area contributed by atoms with Gasteiger partial charge in [-0.05, 0) is 13.3 Å². The number of alkyl halides is 2. The van der Waals surface area contributed by atoms with Gasteiger partial charge in [-0.2, -0.15) is 0 Å². The standard InChI is InChI=1S/C7H11Cl2NO2/c1-4(11)3-10-6(12)5-2-7(5,8)9/h4-5,11H,2-3H2,1H3,(H,10,12)/t4-,5?/m0/s1. The minimum absolute atomic E-state index is 0.180. The van der Waals surface area contributed by atoms with E-state index in [0.717, 1.165) is 0 Å². The number of hydrogen-bond acceptors (Lipinski definition) is 2. The number of nitrogens with one attached hydrogen (secondary N) is 1. The van der Waals surface area contributed by atoms with Gasteiger partial charge in [0.25, 0.3) is 0 Å². The fraction of sp³-hybridized carbons (Fsp3) is 0.857. The van der Waals surface area contributed by atoms with Gasteiger partial charge in [-0.25, -0.2) is 0 Å². The molecule has 0 aromatic carbocycles. The maximum atomic E-state index is 11.1. The molecule has 1 unspecified atom stereocenters. The van der Waals surface area contributed by atoms with Gasteiger partial charge in [0.1, 0.15) is 4.33 Å². The van der Waals surface area contributed by atoms with Crippen LogP contribution in [-0.2, 0) is 4.79 Å². The molecule has 0 aromatic rings. The van der Waals surface area contributed by atoms with Crippen molar-refractivity contribution in [3.63, 3.8) is 0 Å². The predicted molar refractivity (Wildman–Crippen MR) is 47.2 cm³/mol. The third-order valence-electron chi connectivity index (χ3n) is 1.71. The maximum Gasteiger partial charge on any atom is 0.226 e. The summed E-state index contributed by atoms with van der Waals surface area (Å²) in [5.41, 5.74) is 0. The second-order valence-corrected chi connectivity index (χ2v) is 4.65. The number of carbonyl (C=O) groups is 1. The Morgan fingerprint density at radius 2 is 2.33 bits per heavy atom. The molecule has 3 nitrogen and oxygen atoms in total. The highest BCUT2D eigenvalue weighted by Gasteiger charge is 2.56. The molecule has 0 heterocycles. The molecule has 1 fully saturated rings. The van der Waals surface area contributed by atoms with Crippen molar-refractivity contribution < 1.29 is 9.90 Å². The van der Waals surface area contributed by atoms with E-state index in [2.05, 4.69) is 5.32 Å². The molecule has 0 aliphatic heterocycles. The zero-order valence-electron chi connectivity index (χ0n) is 6.68.